The fourth-order valence-electron chi connectivity index (χ4n) is 7.62. The molecule has 0 bridgehead atoms. The lowest BCUT2D eigenvalue weighted by molar-refractivity contribution is -0.141. The number of likely N-dealkylation sites (tertiary alicyclic amines) is 2. The monoisotopic (exact) mass is 936 g/mol. The Balaban J connectivity index is 1.04. The number of likely N-dealkylation sites (N-methyl/N-ethyl adjacent to an activating group) is 2. The van der Waals surface area contributed by atoms with E-state index in [9.17, 15) is 19.2 Å². The third-order valence-electron chi connectivity index (χ3n) is 11.8. The first-order chi connectivity index (χ1) is 33.0. The van der Waals surface area contributed by atoms with E-state index in [-0.39, 0.29) is 74.0 Å². The number of para-hydroxylation sites is 2. The molecular weight excluding hydrogens is 877 g/mol. The van der Waals surface area contributed by atoms with Crippen molar-refractivity contribution in [3.05, 3.63) is 60.7 Å². The van der Waals surface area contributed by atoms with Gasteiger partial charge in [0.15, 0.2) is 0 Å². The lowest BCUT2D eigenvalue weighted by Gasteiger charge is -2.32. The normalized spacial score (nSPS) is 18.1. The topological polar surface area (TPSA) is 247 Å². The van der Waals surface area contributed by atoms with Crippen molar-refractivity contribution in [2.45, 2.75) is 115 Å². The smallest absolute Gasteiger partial charge is 0.341 e. The number of nitrogens with one attached hydrogen (secondary N) is 4. The van der Waals surface area contributed by atoms with Gasteiger partial charge in [0.05, 0.1) is 49.5 Å². The van der Waals surface area contributed by atoms with E-state index in [1.54, 1.807) is 75.9 Å². The van der Waals surface area contributed by atoms with Crippen LogP contribution in [0.2, 0.25) is 0 Å². The Hall–Kier alpha value is -6.98. The zero-order valence-corrected chi connectivity index (χ0v) is 39.2. The number of amides is 4. The van der Waals surface area contributed by atoms with Crippen molar-refractivity contribution in [2.75, 3.05) is 40.4 Å². The highest BCUT2D eigenvalue weighted by Crippen LogP contribution is 2.26. The molecule has 2 aliphatic heterocycles. The maximum absolute atomic E-state index is 14.2. The summed E-state index contributed by atoms with van der Waals surface area (Å²) < 4.78 is 26.8. The van der Waals surface area contributed by atoms with Gasteiger partial charge < -0.3 is 50.0 Å². The van der Waals surface area contributed by atoms with Crippen molar-refractivity contribution in [3.8, 4) is 47.2 Å². The van der Waals surface area contributed by atoms with Crippen LogP contribution in [-0.2, 0) is 41.7 Å². The summed E-state index contributed by atoms with van der Waals surface area (Å²) in [5.74, 6) is 11.0. The third-order valence-corrected chi connectivity index (χ3v) is 11.8. The lowest BCUT2D eigenvalue weighted by atomic mass is 10.1. The molecular formula is C46H60N14O8. The van der Waals surface area contributed by atoms with Gasteiger partial charge in [0.25, 0.3) is 0 Å². The molecule has 68 heavy (non-hydrogen) atoms. The highest BCUT2D eigenvalue weighted by molar-refractivity contribution is 5.91. The van der Waals surface area contributed by atoms with Gasteiger partial charge in [-0.3, -0.25) is 19.2 Å². The number of benzene rings is 2. The number of hydrogen-bond acceptors (Lipinski definition) is 16. The number of aromatic nitrogens is 8. The van der Waals surface area contributed by atoms with Gasteiger partial charge in [0.1, 0.15) is 36.8 Å². The molecule has 2 aromatic carbocycles. The Kier molecular flexibility index (Phi) is 18.7. The Morgan fingerprint density at radius 1 is 0.632 bits per heavy atom. The molecule has 2 aliphatic rings. The Morgan fingerprint density at radius 3 is 1.41 bits per heavy atom. The summed E-state index contributed by atoms with van der Waals surface area (Å²) in [4.78, 5) is 58.1. The van der Waals surface area contributed by atoms with Crippen LogP contribution in [0.25, 0.3) is 0 Å². The molecule has 2 fully saturated rings. The molecule has 0 aliphatic carbocycles. The van der Waals surface area contributed by atoms with Crippen LogP contribution in [0.3, 0.4) is 0 Å². The average molecular weight is 937 g/mol. The van der Waals surface area contributed by atoms with Crippen LogP contribution < -0.4 is 30.7 Å². The first kappa shape index (κ1) is 50.4. The van der Waals surface area contributed by atoms with Crippen molar-refractivity contribution in [1.82, 2.24) is 71.5 Å². The van der Waals surface area contributed by atoms with E-state index in [4.69, 9.17) is 18.9 Å². The van der Waals surface area contributed by atoms with E-state index >= 15 is 0 Å². The number of rotatable bonds is 22. The molecule has 4 amide bonds. The molecule has 0 radical (unpaired) electrons. The summed E-state index contributed by atoms with van der Waals surface area (Å²) in [6.07, 6.45) is 1.35. The quantitative estimate of drug-likeness (QED) is 0.0801. The summed E-state index contributed by atoms with van der Waals surface area (Å²) in [5.41, 5.74) is 0. The minimum absolute atomic E-state index is 0.0869. The second-order valence-electron chi connectivity index (χ2n) is 16.4. The number of carbonyl (C=O) groups is 4. The summed E-state index contributed by atoms with van der Waals surface area (Å²) in [5, 5.41) is 35.4. The first-order valence-electron chi connectivity index (χ1n) is 22.7. The Bertz CT molecular complexity index is 2230. The number of hydrogen-bond donors (Lipinski definition) is 4. The molecule has 4 aromatic rings. The van der Waals surface area contributed by atoms with Crippen molar-refractivity contribution < 1.29 is 38.1 Å². The van der Waals surface area contributed by atoms with E-state index in [1.165, 1.54) is 9.36 Å². The predicted octanol–water partition coefficient (Wildman–Crippen LogP) is 0.929. The van der Waals surface area contributed by atoms with Crippen molar-refractivity contribution >= 4 is 23.6 Å². The standard InChI is InChI=1S/C46H60N14O8/c1-31(47-5)41(61)49-39(43(63)57-25-17-19-35(57)29-59-45(51-53-55-59)67-37-21-11-9-12-22-37)33(3)65-27-15-7-8-16-28-66-34(4)40(50-42(62)32(2)48-6)44(64)58-26-18-20-36(58)30-60-46(52-54-56-60)68-38-23-13-10-14-24-38/h9-14,21-24,31-36,39-40,47-48H,17-20,25-30H2,1-6H3,(H,49,61)(H,50,62)/t31-,32-,33+,34+,35-,36-,39-,40-/m0/s1. The van der Waals surface area contributed by atoms with Gasteiger partial charge in [-0.1, -0.05) is 58.4 Å². The fourth-order valence-corrected chi connectivity index (χ4v) is 7.62. The van der Waals surface area contributed by atoms with Crippen molar-refractivity contribution in [1.29, 1.82) is 0 Å². The molecule has 8 atom stereocenters. The second-order valence-corrected chi connectivity index (χ2v) is 16.4. The van der Waals surface area contributed by atoms with Crippen LogP contribution in [-0.4, -0.2) is 163 Å². The predicted molar refractivity (Wildman–Crippen MR) is 245 cm³/mol. The highest BCUT2D eigenvalue weighted by Gasteiger charge is 2.40. The van der Waals surface area contributed by atoms with E-state index in [0.717, 1.165) is 12.8 Å². The maximum atomic E-state index is 14.2. The van der Waals surface area contributed by atoms with Gasteiger partial charge in [-0.05, 0) is 124 Å². The summed E-state index contributed by atoms with van der Waals surface area (Å²) in [7, 11) is 3.32. The van der Waals surface area contributed by atoms with E-state index in [1.807, 2.05) is 36.4 Å². The number of tetrazole rings is 2. The van der Waals surface area contributed by atoms with Gasteiger partial charge in [0, 0.05) is 13.1 Å². The summed E-state index contributed by atoms with van der Waals surface area (Å²) in [6.45, 7) is 8.14. The Labute approximate surface area is 395 Å². The van der Waals surface area contributed by atoms with E-state index in [0.29, 0.717) is 37.4 Å². The van der Waals surface area contributed by atoms with Gasteiger partial charge in [-0.15, -0.1) is 0 Å². The first-order valence-corrected chi connectivity index (χ1v) is 22.7. The molecule has 4 N–H and O–H groups in total. The fraction of sp³-hybridized carbons (Fsp3) is 0.522. The lowest BCUT2D eigenvalue weighted by Crippen LogP contribution is -2.58. The van der Waals surface area contributed by atoms with Crippen molar-refractivity contribution in [3.63, 3.8) is 0 Å². The van der Waals surface area contributed by atoms with Crippen LogP contribution >= 0.6 is 0 Å². The molecule has 362 valence electrons. The molecule has 22 nitrogen and oxygen atoms in total. The van der Waals surface area contributed by atoms with E-state index in [2.05, 4.69) is 76.0 Å². The zero-order chi connectivity index (χ0) is 48.4. The average Bonchev–Trinajstić information content (AvgIpc) is 4.20. The molecule has 0 unspecified atom stereocenters. The maximum Gasteiger partial charge on any atom is 0.341 e. The third kappa shape index (κ3) is 13.8. The van der Waals surface area contributed by atoms with Gasteiger partial charge in [-0.25, -0.2) is 0 Å². The SMILES string of the molecule is CN[C@@H](C)C(=O)N[C@H](C(=O)N1CCC[C@H]1Cn1nnnc1Oc1ccccc1)[C@@H](C)OCC#CC#CCO[C@H](C)[C@H](NC(=O)[C@H](C)NC)C(=O)N1CCC[C@H]1Cn1nnnc1Oc1ccccc1. The minimum atomic E-state index is -1.02. The molecule has 4 heterocycles. The highest BCUT2D eigenvalue weighted by atomic mass is 16.5. The largest absolute Gasteiger partial charge is 0.423 e. The van der Waals surface area contributed by atoms with Gasteiger partial charge >= 0.3 is 12.0 Å². The van der Waals surface area contributed by atoms with Crippen LogP contribution in [0.1, 0.15) is 53.4 Å². The summed E-state index contributed by atoms with van der Waals surface area (Å²) >= 11 is 0. The second kappa shape index (κ2) is 25.2. The van der Waals surface area contributed by atoms with Gasteiger partial charge in [0.2, 0.25) is 23.6 Å². The number of ether oxygens (including phenoxy) is 4. The van der Waals surface area contributed by atoms with Crippen molar-refractivity contribution in [2.24, 2.45) is 0 Å². The number of nitrogens with zero attached hydrogens (tertiary/aromatic N) is 10. The van der Waals surface area contributed by atoms with Crippen LogP contribution in [0.4, 0.5) is 0 Å². The minimum Gasteiger partial charge on any atom is -0.423 e. The number of carbonyl (C=O) groups excluding carboxylic acids is 4. The molecule has 2 saturated heterocycles. The molecule has 0 saturated carbocycles. The van der Waals surface area contributed by atoms with Crippen LogP contribution in [0, 0.1) is 23.7 Å². The van der Waals surface area contributed by atoms with E-state index < -0.39 is 36.4 Å². The van der Waals surface area contributed by atoms with Crippen LogP contribution in [0.15, 0.2) is 60.7 Å². The molecule has 0 spiro atoms. The molecule has 6 rings (SSSR count). The van der Waals surface area contributed by atoms with Gasteiger partial charge in [-0.2, -0.15) is 9.36 Å². The Morgan fingerprint density at radius 2 is 1.03 bits per heavy atom. The summed E-state index contributed by atoms with van der Waals surface area (Å²) in [6, 6.07) is 15.0. The molecule has 22 heteroatoms. The molecule has 2 aromatic heterocycles. The van der Waals surface area contributed by atoms with Crippen LogP contribution in [0.5, 0.6) is 23.5 Å². The zero-order valence-electron chi connectivity index (χ0n) is 39.2.